The first kappa shape index (κ1) is 17.7. The minimum absolute atomic E-state index is 0.0440. The summed E-state index contributed by atoms with van der Waals surface area (Å²) in [5, 5.41) is 1.81. The summed E-state index contributed by atoms with van der Waals surface area (Å²) >= 11 is 6.20. The van der Waals surface area contributed by atoms with E-state index >= 15 is 0 Å². The lowest BCUT2D eigenvalue weighted by Gasteiger charge is -2.57. The summed E-state index contributed by atoms with van der Waals surface area (Å²) in [6.07, 6.45) is 8.33. The van der Waals surface area contributed by atoms with E-state index in [4.69, 9.17) is 11.6 Å². The molecule has 144 valence electrons. The molecule has 0 aromatic heterocycles. The highest BCUT2D eigenvalue weighted by Gasteiger charge is 2.56. The van der Waals surface area contributed by atoms with Crippen LogP contribution in [0.25, 0.3) is 0 Å². The topological polar surface area (TPSA) is 54.5 Å². The van der Waals surface area contributed by atoms with Crippen LogP contribution in [0.1, 0.15) is 38.5 Å². The quantitative estimate of drug-likeness (QED) is 0.757. The molecule has 4 bridgehead atoms. The first-order valence-corrected chi connectivity index (χ1v) is 11.9. The number of sulfone groups is 1. The van der Waals surface area contributed by atoms with Crippen molar-refractivity contribution in [2.24, 2.45) is 23.2 Å². The maximum atomic E-state index is 14.0. The lowest BCUT2D eigenvalue weighted by atomic mass is 9.49. The molecular weight excluding hydrogens is 382 g/mol. The van der Waals surface area contributed by atoms with Gasteiger partial charge in [-0.1, -0.05) is 17.7 Å². The maximum Gasteiger partial charge on any atom is 0.233 e. The van der Waals surface area contributed by atoms with E-state index in [2.05, 4.69) is 0 Å². The van der Waals surface area contributed by atoms with Gasteiger partial charge in [0, 0.05) is 16.1 Å². The van der Waals surface area contributed by atoms with Gasteiger partial charge in [0.05, 0.1) is 17.2 Å². The molecule has 6 rings (SSSR count). The number of carbonyl (C=O) groups is 1. The summed E-state index contributed by atoms with van der Waals surface area (Å²) in [6, 6.07) is 6.79. The van der Waals surface area contributed by atoms with Gasteiger partial charge in [0.15, 0.2) is 9.84 Å². The molecule has 1 heterocycles. The van der Waals surface area contributed by atoms with Crippen LogP contribution in [0.5, 0.6) is 0 Å². The molecule has 4 aliphatic carbocycles. The number of carbonyl (C=O) groups excluding carboxylic acids is 1. The number of amides is 1. The van der Waals surface area contributed by atoms with Gasteiger partial charge in [-0.05, 0) is 80.6 Å². The first-order valence-electron chi connectivity index (χ1n) is 9.84. The SMILES string of the molecule is O=C(N(c1cccc(Cl)c1)[C@@H]1C=CS(=O)(=O)C1)C12CC3CC(CC(C3)C1)C2. The average molecular weight is 406 g/mol. The number of hydrogen-bond donors (Lipinski definition) is 0. The van der Waals surface area contributed by atoms with Crippen molar-refractivity contribution in [2.75, 3.05) is 10.7 Å². The van der Waals surface area contributed by atoms with Crippen LogP contribution in [0.2, 0.25) is 5.02 Å². The van der Waals surface area contributed by atoms with Crippen LogP contribution in [-0.2, 0) is 14.6 Å². The number of nitrogens with zero attached hydrogens (tertiary/aromatic N) is 1. The molecule has 1 aromatic carbocycles. The Morgan fingerprint density at radius 3 is 2.22 bits per heavy atom. The molecule has 0 saturated heterocycles. The molecule has 1 aromatic rings. The molecule has 4 fully saturated rings. The fourth-order valence-corrected chi connectivity index (χ4v) is 7.89. The lowest BCUT2D eigenvalue weighted by molar-refractivity contribution is -0.143. The normalized spacial score (nSPS) is 38.3. The smallest absolute Gasteiger partial charge is 0.233 e. The summed E-state index contributed by atoms with van der Waals surface area (Å²) in [5.41, 5.74) is 0.382. The summed E-state index contributed by atoms with van der Waals surface area (Å²) in [7, 11) is -3.26. The zero-order chi connectivity index (χ0) is 18.8. The molecule has 1 aliphatic heterocycles. The van der Waals surface area contributed by atoms with Crippen molar-refractivity contribution in [2.45, 2.75) is 44.6 Å². The molecule has 1 atom stereocenters. The zero-order valence-corrected chi connectivity index (χ0v) is 16.8. The molecule has 0 spiro atoms. The Kier molecular flexibility index (Phi) is 4.00. The second-order valence-corrected chi connectivity index (χ2v) is 11.4. The molecule has 0 N–H and O–H groups in total. The molecule has 5 aliphatic rings. The van der Waals surface area contributed by atoms with E-state index in [9.17, 15) is 13.2 Å². The minimum Gasteiger partial charge on any atom is -0.304 e. The highest BCUT2D eigenvalue weighted by Crippen LogP contribution is 2.61. The Morgan fingerprint density at radius 1 is 1.07 bits per heavy atom. The number of rotatable bonds is 3. The Labute approximate surface area is 165 Å². The van der Waals surface area contributed by atoms with Gasteiger partial charge < -0.3 is 4.90 Å². The van der Waals surface area contributed by atoms with Gasteiger partial charge in [0.25, 0.3) is 0 Å². The fraction of sp³-hybridized carbons (Fsp3) is 0.571. The third-order valence-corrected chi connectivity index (χ3v) is 8.65. The van der Waals surface area contributed by atoms with Gasteiger partial charge in [-0.25, -0.2) is 8.42 Å². The van der Waals surface area contributed by atoms with Crippen molar-refractivity contribution in [1.29, 1.82) is 0 Å². The van der Waals surface area contributed by atoms with E-state index in [1.54, 1.807) is 23.1 Å². The Morgan fingerprint density at radius 2 is 1.70 bits per heavy atom. The van der Waals surface area contributed by atoms with E-state index in [0.717, 1.165) is 19.3 Å². The summed E-state index contributed by atoms with van der Waals surface area (Å²) in [5.74, 6) is 2.03. The number of hydrogen-bond acceptors (Lipinski definition) is 3. The van der Waals surface area contributed by atoms with Crippen LogP contribution >= 0.6 is 11.6 Å². The van der Waals surface area contributed by atoms with Crippen molar-refractivity contribution in [3.05, 3.63) is 40.8 Å². The molecule has 4 saturated carbocycles. The zero-order valence-electron chi connectivity index (χ0n) is 15.2. The number of benzene rings is 1. The van der Waals surface area contributed by atoms with Crippen LogP contribution in [0.4, 0.5) is 5.69 Å². The molecule has 1 amide bonds. The predicted octanol–water partition coefficient (Wildman–Crippen LogP) is 4.20. The second kappa shape index (κ2) is 6.08. The van der Waals surface area contributed by atoms with Gasteiger partial charge in [-0.15, -0.1) is 0 Å². The van der Waals surface area contributed by atoms with Crippen LogP contribution in [0.15, 0.2) is 35.7 Å². The van der Waals surface area contributed by atoms with E-state index in [1.807, 2.05) is 12.1 Å². The Hall–Kier alpha value is -1.33. The van der Waals surface area contributed by atoms with E-state index in [0.29, 0.717) is 28.5 Å². The highest BCUT2D eigenvalue weighted by molar-refractivity contribution is 7.94. The van der Waals surface area contributed by atoms with Crippen LogP contribution < -0.4 is 4.90 Å². The van der Waals surface area contributed by atoms with Crippen LogP contribution in [0, 0.1) is 23.2 Å². The molecule has 6 heteroatoms. The summed E-state index contributed by atoms with van der Waals surface area (Å²) in [4.78, 5) is 15.7. The summed E-state index contributed by atoms with van der Waals surface area (Å²) < 4.78 is 24.1. The molecular formula is C21H24ClNO3S. The standard InChI is InChI=1S/C21H24ClNO3S/c22-17-2-1-3-18(9-17)23(19-4-5-27(25,26)13-19)20(24)21-10-14-6-15(11-21)8-16(7-14)12-21/h1-5,9,14-16,19H,6-8,10-13H2/t14?,15?,16?,19-,21?/m1/s1. The van der Waals surface area contributed by atoms with Crippen molar-refractivity contribution in [3.8, 4) is 0 Å². The third kappa shape index (κ3) is 3.03. The fourth-order valence-electron chi connectivity index (χ4n) is 6.43. The van der Waals surface area contributed by atoms with Gasteiger partial charge in [-0.3, -0.25) is 4.79 Å². The van der Waals surface area contributed by atoms with Crippen molar-refractivity contribution in [1.82, 2.24) is 0 Å². The second-order valence-electron chi connectivity index (χ2n) is 9.08. The van der Waals surface area contributed by atoms with Crippen LogP contribution in [-0.4, -0.2) is 26.1 Å². The third-order valence-electron chi connectivity index (χ3n) is 7.04. The van der Waals surface area contributed by atoms with Gasteiger partial charge in [0.1, 0.15) is 0 Å². The first-order chi connectivity index (χ1) is 12.8. The monoisotopic (exact) mass is 405 g/mol. The van der Waals surface area contributed by atoms with E-state index in [-0.39, 0.29) is 17.1 Å². The number of halogens is 1. The Balaban J connectivity index is 1.54. The Bertz CT molecular complexity index is 888. The van der Waals surface area contributed by atoms with E-state index < -0.39 is 15.9 Å². The predicted molar refractivity (Wildman–Crippen MR) is 106 cm³/mol. The van der Waals surface area contributed by atoms with Gasteiger partial charge in [-0.2, -0.15) is 0 Å². The average Bonchev–Trinajstić information content (AvgIpc) is 2.93. The van der Waals surface area contributed by atoms with Gasteiger partial charge in [0.2, 0.25) is 5.91 Å². The largest absolute Gasteiger partial charge is 0.304 e. The molecule has 4 nitrogen and oxygen atoms in total. The number of anilines is 1. The van der Waals surface area contributed by atoms with Crippen molar-refractivity contribution in [3.63, 3.8) is 0 Å². The lowest BCUT2D eigenvalue weighted by Crippen LogP contribution is -2.57. The van der Waals surface area contributed by atoms with Crippen molar-refractivity contribution >= 4 is 33.0 Å². The van der Waals surface area contributed by atoms with Gasteiger partial charge >= 0.3 is 0 Å². The van der Waals surface area contributed by atoms with E-state index in [1.165, 1.54) is 24.7 Å². The minimum atomic E-state index is -3.26. The van der Waals surface area contributed by atoms with Crippen LogP contribution in [0.3, 0.4) is 0 Å². The molecule has 0 radical (unpaired) electrons. The summed E-state index contributed by atoms with van der Waals surface area (Å²) in [6.45, 7) is 0. The maximum absolute atomic E-state index is 14.0. The molecule has 0 unspecified atom stereocenters. The molecule has 27 heavy (non-hydrogen) atoms. The highest BCUT2D eigenvalue weighted by atomic mass is 35.5. The van der Waals surface area contributed by atoms with Crippen molar-refractivity contribution < 1.29 is 13.2 Å².